The Morgan fingerprint density at radius 3 is 1.97 bits per heavy atom. The summed E-state index contributed by atoms with van der Waals surface area (Å²) >= 11 is 0. The predicted molar refractivity (Wildman–Crippen MR) is 124 cm³/mol. The van der Waals surface area contributed by atoms with Crippen molar-refractivity contribution >= 4 is 26.9 Å². The van der Waals surface area contributed by atoms with Gasteiger partial charge in [0.05, 0.1) is 10.8 Å². The van der Waals surface area contributed by atoms with Crippen molar-refractivity contribution in [3.8, 4) is 5.75 Å². The molecule has 0 radical (unpaired) electrons. The summed E-state index contributed by atoms with van der Waals surface area (Å²) in [5.74, 6) is 4.06. The van der Waals surface area contributed by atoms with Crippen LogP contribution < -0.4 is 4.74 Å². The molecule has 0 saturated heterocycles. The first-order valence-electron chi connectivity index (χ1n) is 12.6. The van der Waals surface area contributed by atoms with Crippen LogP contribution in [-0.4, -0.2) is 18.9 Å². The summed E-state index contributed by atoms with van der Waals surface area (Å²) in [7, 11) is -4.62. The van der Waals surface area contributed by atoms with Crippen LogP contribution in [0.5, 0.6) is 5.75 Å². The third-order valence-corrected chi connectivity index (χ3v) is 10.4. The van der Waals surface area contributed by atoms with E-state index in [0.29, 0.717) is 40.2 Å². The summed E-state index contributed by atoms with van der Waals surface area (Å²) in [5.41, 5.74) is 0. The normalized spacial score (nSPS) is 35.6. The largest absolute Gasteiger partial charge is 0.744 e. The summed E-state index contributed by atoms with van der Waals surface area (Å²) in [5, 5.41) is 0.803. The maximum Gasteiger partial charge on any atom is 0.314 e. The fourth-order valence-electron chi connectivity index (χ4n) is 8.42. The molecule has 6 heteroatoms. The van der Waals surface area contributed by atoms with E-state index in [2.05, 4.69) is 0 Å². The summed E-state index contributed by atoms with van der Waals surface area (Å²) in [6, 6.07) is 9.51. The van der Waals surface area contributed by atoms with Crippen molar-refractivity contribution in [1.82, 2.24) is 0 Å². The number of hydrogen-bond donors (Lipinski definition) is 0. The molecule has 5 fully saturated rings. The molecule has 0 amide bonds. The molecule has 5 unspecified atom stereocenters. The Morgan fingerprint density at radius 1 is 0.788 bits per heavy atom. The van der Waals surface area contributed by atoms with Crippen molar-refractivity contribution in [2.75, 3.05) is 0 Å². The molecule has 2 aromatic rings. The lowest BCUT2D eigenvalue weighted by Crippen LogP contribution is -2.58. The van der Waals surface area contributed by atoms with Crippen LogP contribution in [0.1, 0.15) is 57.8 Å². The van der Waals surface area contributed by atoms with Gasteiger partial charge in [-0.15, -0.1) is 0 Å². The molecule has 33 heavy (non-hydrogen) atoms. The van der Waals surface area contributed by atoms with Gasteiger partial charge in [0.25, 0.3) is 0 Å². The lowest BCUT2D eigenvalue weighted by molar-refractivity contribution is -0.171. The van der Waals surface area contributed by atoms with Gasteiger partial charge in [0, 0.05) is 10.8 Å². The highest BCUT2D eigenvalue weighted by molar-refractivity contribution is 7.86. The van der Waals surface area contributed by atoms with Crippen molar-refractivity contribution in [2.45, 2.75) is 62.7 Å². The molecule has 0 aliphatic heterocycles. The van der Waals surface area contributed by atoms with Crippen LogP contribution in [0.4, 0.5) is 0 Å². The van der Waals surface area contributed by atoms with Crippen molar-refractivity contribution in [1.29, 1.82) is 0 Å². The third kappa shape index (κ3) is 3.52. The number of ether oxygens (including phenoxy) is 1. The summed E-state index contributed by atoms with van der Waals surface area (Å²) in [4.78, 5) is 13.4. The van der Waals surface area contributed by atoms with Gasteiger partial charge in [-0.05, 0) is 79.7 Å². The SMILES string of the molecule is O=C(Oc1ccc(S(=O)(=O)[O-])c2ccccc12)C1CC2C3CCCCC3C1C1CCCCC21. The minimum Gasteiger partial charge on any atom is -0.744 e. The molecular weight excluding hydrogens is 436 g/mol. The van der Waals surface area contributed by atoms with Crippen LogP contribution in [0.2, 0.25) is 0 Å². The average Bonchev–Trinajstić information content (AvgIpc) is 2.83. The Morgan fingerprint density at radius 2 is 1.36 bits per heavy atom. The first-order valence-corrected chi connectivity index (χ1v) is 14.0. The highest BCUT2D eigenvalue weighted by Crippen LogP contribution is 2.64. The van der Waals surface area contributed by atoms with Gasteiger partial charge >= 0.3 is 5.97 Å². The maximum absolute atomic E-state index is 13.6. The molecule has 7 rings (SSSR count). The summed E-state index contributed by atoms with van der Waals surface area (Å²) in [6.07, 6.45) is 11.3. The molecule has 5 nitrogen and oxygen atoms in total. The molecule has 2 bridgehead atoms. The highest BCUT2D eigenvalue weighted by atomic mass is 32.2. The number of carbonyl (C=O) groups excluding carboxylic acids is 1. The monoisotopic (exact) mass is 467 g/mol. The Balaban J connectivity index is 1.33. The van der Waals surface area contributed by atoms with Crippen LogP contribution in [-0.2, 0) is 14.9 Å². The smallest absolute Gasteiger partial charge is 0.314 e. The van der Waals surface area contributed by atoms with Gasteiger partial charge in [0.1, 0.15) is 15.9 Å². The van der Waals surface area contributed by atoms with Crippen LogP contribution in [0.25, 0.3) is 10.8 Å². The van der Waals surface area contributed by atoms with E-state index in [0.717, 1.165) is 18.3 Å². The molecule has 5 aliphatic carbocycles. The van der Waals surface area contributed by atoms with Gasteiger partial charge < -0.3 is 9.29 Å². The number of rotatable bonds is 3. The zero-order valence-corrected chi connectivity index (χ0v) is 19.6. The van der Waals surface area contributed by atoms with Crippen LogP contribution in [0.15, 0.2) is 41.3 Å². The lowest BCUT2D eigenvalue weighted by atomic mass is 9.42. The average molecular weight is 468 g/mol. The predicted octanol–water partition coefficient (Wildman–Crippen LogP) is 5.53. The van der Waals surface area contributed by atoms with Gasteiger partial charge in [-0.3, -0.25) is 4.79 Å². The zero-order valence-electron chi connectivity index (χ0n) is 18.8. The number of carbonyl (C=O) groups is 1. The van der Waals surface area contributed by atoms with Crippen LogP contribution >= 0.6 is 0 Å². The van der Waals surface area contributed by atoms with Crippen LogP contribution in [0, 0.1) is 41.4 Å². The van der Waals surface area contributed by atoms with Crippen molar-refractivity contribution in [2.24, 2.45) is 41.4 Å². The molecule has 0 N–H and O–H groups in total. The van der Waals surface area contributed by atoms with Gasteiger partial charge in [-0.25, -0.2) is 8.42 Å². The van der Waals surface area contributed by atoms with Gasteiger partial charge in [0.2, 0.25) is 0 Å². The zero-order chi connectivity index (χ0) is 22.7. The van der Waals surface area contributed by atoms with E-state index in [1.165, 1.54) is 63.5 Å². The van der Waals surface area contributed by atoms with E-state index in [1.807, 2.05) is 0 Å². The molecule has 0 heterocycles. The Labute approximate surface area is 195 Å². The van der Waals surface area contributed by atoms with Gasteiger partial charge in [-0.2, -0.15) is 0 Å². The minimum absolute atomic E-state index is 0.0737. The number of fused-ring (bicyclic) bond motifs is 2. The first-order chi connectivity index (χ1) is 15.9. The second-order valence-corrected chi connectivity index (χ2v) is 12.1. The standard InChI is InChI=1S/C27H32O5S/c28-27(32-24-13-14-25(33(29,30)31)19-10-4-3-9-18(19)24)23-15-22-16-7-1-5-11-20(16)26(23)21-12-6-2-8-17(21)22/h3-4,9-10,13-14,16-17,20-23,26H,1-2,5-8,11-12,15H2,(H,29,30,31)/p-1. The van der Waals surface area contributed by atoms with Gasteiger partial charge in [-0.1, -0.05) is 49.9 Å². The number of esters is 1. The highest BCUT2D eigenvalue weighted by Gasteiger charge is 2.59. The molecule has 5 saturated carbocycles. The quantitative estimate of drug-likeness (QED) is 0.337. The van der Waals surface area contributed by atoms with E-state index in [1.54, 1.807) is 24.3 Å². The minimum atomic E-state index is -4.62. The number of hydrogen-bond acceptors (Lipinski definition) is 5. The van der Waals surface area contributed by atoms with Crippen molar-refractivity contribution < 1.29 is 22.5 Å². The topological polar surface area (TPSA) is 83.5 Å². The summed E-state index contributed by atoms with van der Waals surface area (Å²) in [6.45, 7) is 0. The van der Waals surface area contributed by atoms with E-state index in [-0.39, 0.29) is 16.8 Å². The molecule has 5 aliphatic rings. The summed E-state index contributed by atoms with van der Waals surface area (Å²) < 4.78 is 41.2. The molecular formula is C27H31O5S-. The van der Waals surface area contributed by atoms with E-state index in [9.17, 15) is 17.8 Å². The molecule has 0 aromatic heterocycles. The van der Waals surface area contributed by atoms with E-state index >= 15 is 0 Å². The molecule has 2 aromatic carbocycles. The third-order valence-electron chi connectivity index (χ3n) is 9.46. The van der Waals surface area contributed by atoms with E-state index in [4.69, 9.17) is 4.74 Å². The Bertz CT molecular complexity index is 1160. The Hall–Kier alpha value is -1.92. The maximum atomic E-state index is 13.6. The molecule has 0 spiro atoms. The fraction of sp³-hybridized carbons (Fsp3) is 0.593. The second-order valence-electron chi connectivity index (χ2n) is 10.8. The first kappa shape index (κ1) is 21.6. The molecule has 176 valence electrons. The fourth-order valence-corrected chi connectivity index (χ4v) is 9.10. The van der Waals surface area contributed by atoms with Crippen molar-refractivity contribution in [3.05, 3.63) is 36.4 Å². The lowest BCUT2D eigenvalue weighted by Gasteiger charge is -2.62. The van der Waals surface area contributed by atoms with Crippen LogP contribution in [0.3, 0.4) is 0 Å². The number of benzene rings is 2. The second kappa shape index (κ2) is 8.09. The molecule has 5 atom stereocenters. The van der Waals surface area contributed by atoms with Crippen molar-refractivity contribution in [3.63, 3.8) is 0 Å². The van der Waals surface area contributed by atoms with E-state index < -0.39 is 10.1 Å². The van der Waals surface area contributed by atoms with Gasteiger partial charge in [0.15, 0.2) is 0 Å². The Kier molecular flexibility index (Phi) is 5.29.